The summed E-state index contributed by atoms with van der Waals surface area (Å²) in [5, 5.41) is 0. The van der Waals surface area contributed by atoms with E-state index in [2.05, 4.69) is 66.4 Å². The van der Waals surface area contributed by atoms with Gasteiger partial charge in [0.15, 0.2) is 5.84 Å². The van der Waals surface area contributed by atoms with E-state index < -0.39 is 0 Å². The molecule has 2 heterocycles. The van der Waals surface area contributed by atoms with E-state index in [1.807, 2.05) is 12.1 Å². The van der Waals surface area contributed by atoms with Crippen LogP contribution in [0.25, 0.3) is 0 Å². The molecule has 33 heavy (non-hydrogen) atoms. The minimum absolute atomic E-state index is 0.185. The number of aliphatic imine (C=N–C) groups is 2. The molecule has 0 saturated carbocycles. The molecule has 0 N–H and O–H groups in total. The summed E-state index contributed by atoms with van der Waals surface area (Å²) in [4.78, 5) is 12.3. The van der Waals surface area contributed by atoms with E-state index in [0.717, 1.165) is 43.9 Å². The molecule has 2 unspecified atom stereocenters. The Morgan fingerprint density at radius 3 is 2.42 bits per heavy atom. The number of amidine groups is 1. The lowest BCUT2D eigenvalue weighted by atomic mass is 9.77. The zero-order valence-corrected chi connectivity index (χ0v) is 19.1. The smallest absolute Gasteiger partial charge is 0.154 e. The Balaban J connectivity index is 1.34. The van der Waals surface area contributed by atoms with E-state index in [0.29, 0.717) is 18.4 Å². The van der Waals surface area contributed by atoms with Gasteiger partial charge in [0.2, 0.25) is 0 Å². The van der Waals surface area contributed by atoms with Crippen molar-refractivity contribution in [3.8, 4) is 0 Å². The van der Waals surface area contributed by atoms with Gasteiger partial charge >= 0.3 is 0 Å². The summed E-state index contributed by atoms with van der Waals surface area (Å²) >= 11 is 0. The predicted molar refractivity (Wildman–Crippen MR) is 134 cm³/mol. The van der Waals surface area contributed by atoms with Gasteiger partial charge in [0, 0.05) is 36.2 Å². The van der Waals surface area contributed by atoms with Crippen molar-refractivity contribution in [3.63, 3.8) is 0 Å². The second kappa shape index (κ2) is 9.80. The fraction of sp³-hybridized carbons (Fsp3) is 0.310. The van der Waals surface area contributed by atoms with E-state index in [4.69, 9.17) is 9.98 Å². The Labute approximate surface area is 195 Å². The maximum atomic E-state index is 13.7. The van der Waals surface area contributed by atoms with Gasteiger partial charge in [0.1, 0.15) is 5.82 Å². The summed E-state index contributed by atoms with van der Waals surface area (Å²) in [7, 11) is 0. The van der Waals surface area contributed by atoms with Crippen molar-refractivity contribution in [1.82, 2.24) is 4.90 Å². The van der Waals surface area contributed by atoms with Crippen LogP contribution in [0.15, 0.2) is 88.8 Å². The minimum Gasteiger partial charge on any atom is -0.302 e. The lowest BCUT2D eigenvalue weighted by Crippen LogP contribution is -2.43. The molecule has 1 fully saturated rings. The Morgan fingerprint density at radius 2 is 1.67 bits per heavy atom. The highest BCUT2D eigenvalue weighted by Gasteiger charge is 2.35. The van der Waals surface area contributed by atoms with Crippen molar-refractivity contribution >= 4 is 11.5 Å². The highest BCUT2D eigenvalue weighted by atomic mass is 19.1. The molecule has 5 rings (SSSR count). The van der Waals surface area contributed by atoms with Gasteiger partial charge in [-0.1, -0.05) is 72.3 Å². The topological polar surface area (TPSA) is 28.0 Å². The Kier molecular flexibility index (Phi) is 6.45. The molecule has 0 amide bonds. The molecule has 168 valence electrons. The first kappa shape index (κ1) is 21.7. The van der Waals surface area contributed by atoms with Crippen LogP contribution >= 0.6 is 0 Å². The Hall–Kier alpha value is -3.11. The molecular weight excluding hydrogens is 409 g/mol. The van der Waals surface area contributed by atoms with Gasteiger partial charge in [0.05, 0.1) is 6.54 Å². The van der Waals surface area contributed by atoms with Gasteiger partial charge in [-0.3, -0.25) is 4.99 Å². The SMILES string of the molecule is Cc1ccc(C2=NCC(C3CCN(CCc4ccccc4)CC3c3ccc(F)cc3)=N2)cc1. The molecule has 0 aliphatic carbocycles. The third-order valence-corrected chi connectivity index (χ3v) is 6.93. The van der Waals surface area contributed by atoms with Crippen molar-refractivity contribution < 1.29 is 4.39 Å². The number of aryl methyl sites for hydroxylation is 1. The lowest BCUT2D eigenvalue weighted by molar-refractivity contribution is 0.187. The number of likely N-dealkylation sites (tertiary alicyclic amines) is 1. The number of hydrogen-bond donors (Lipinski definition) is 0. The van der Waals surface area contributed by atoms with Crippen LogP contribution in [0.5, 0.6) is 0 Å². The van der Waals surface area contributed by atoms with Gasteiger partial charge in [-0.15, -0.1) is 0 Å². The standard InChI is InChI=1S/C29H30FN3/c1-21-7-9-24(10-8-21)29-31-19-28(32-29)26-16-18-33(17-15-22-5-3-2-4-6-22)20-27(26)23-11-13-25(30)14-12-23/h2-14,26-27H,15-20H2,1H3. The molecule has 0 spiro atoms. The third kappa shape index (κ3) is 5.12. The first-order chi connectivity index (χ1) is 16.2. The van der Waals surface area contributed by atoms with Crippen LogP contribution in [-0.4, -0.2) is 42.6 Å². The van der Waals surface area contributed by atoms with Crippen LogP contribution in [0.1, 0.15) is 34.6 Å². The summed E-state index contributed by atoms with van der Waals surface area (Å²) in [6.07, 6.45) is 2.09. The largest absolute Gasteiger partial charge is 0.302 e. The van der Waals surface area contributed by atoms with Crippen LogP contribution in [-0.2, 0) is 6.42 Å². The van der Waals surface area contributed by atoms with Crippen LogP contribution < -0.4 is 0 Å². The van der Waals surface area contributed by atoms with Gasteiger partial charge < -0.3 is 4.90 Å². The number of piperidine rings is 1. The number of nitrogens with zero attached hydrogens (tertiary/aromatic N) is 3. The number of hydrogen-bond acceptors (Lipinski definition) is 3. The fourth-order valence-corrected chi connectivity index (χ4v) is 5.02. The summed E-state index contributed by atoms with van der Waals surface area (Å²) in [5.74, 6) is 1.28. The second-order valence-corrected chi connectivity index (χ2v) is 9.20. The minimum atomic E-state index is -0.185. The molecule has 2 aliphatic heterocycles. The zero-order chi connectivity index (χ0) is 22.6. The maximum Gasteiger partial charge on any atom is 0.154 e. The van der Waals surface area contributed by atoms with E-state index in [1.54, 1.807) is 12.1 Å². The van der Waals surface area contributed by atoms with E-state index in [-0.39, 0.29) is 5.82 Å². The molecule has 0 bridgehead atoms. The second-order valence-electron chi connectivity index (χ2n) is 9.20. The summed E-state index contributed by atoms with van der Waals surface area (Å²) in [5.41, 5.74) is 6.05. The van der Waals surface area contributed by atoms with Crippen molar-refractivity contribution in [2.75, 3.05) is 26.2 Å². The van der Waals surface area contributed by atoms with E-state index in [1.165, 1.54) is 22.4 Å². The Morgan fingerprint density at radius 1 is 0.909 bits per heavy atom. The zero-order valence-electron chi connectivity index (χ0n) is 19.1. The van der Waals surface area contributed by atoms with Crippen molar-refractivity contribution in [2.45, 2.75) is 25.7 Å². The fourth-order valence-electron chi connectivity index (χ4n) is 5.02. The van der Waals surface area contributed by atoms with Gasteiger partial charge in [-0.2, -0.15) is 0 Å². The number of rotatable bonds is 6. The molecule has 0 radical (unpaired) electrons. The molecule has 2 atom stereocenters. The van der Waals surface area contributed by atoms with Gasteiger partial charge in [0.25, 0.3) is 0 Å². The van der Waals surface area contributed by atoms with Crippen molar-refractivity contribution in [3.05, 3.63) is 107 Å². The van der Waals surface area contributed by atoms with E-state index in [9.17, 15) is 4.39 Å². The molecule has 3 aromatic rings. The molecule has 0 aromatic heterocycles. The highest BCUT2D eigenvalue weighted by molar-refractivity contribution is 6.12. The predicted octanol–water partition coefficient (Wildman–Crippen LogP) is 5.68. The molecule has 3 nitrogen and oxygen atoms in total. The quantitative estimate of drug-likeness (QED) is 0.485. The lowest BCUT2D eigenvalue weighted by Gasteiger charge is -2.39. The molecule has 2 aliphatic rings. The van der Waals surface area contributed by atoms with Crippen molar-refractivity contribution in [2.24, 2.45) is 15.9 Å². The van der Waals surface area contributed by atoms with Crippen LogP contribution in [0.3, 0.4) is 0 Å². The average molecular weight is 440 g/mol. The maximum absolute atomic E-state index is 13.7. The molecule has 4 heteroatoms. The van der Waals surface area contributed by atoms with Gasteiger partial charge in [-0.25, -0.2) is 9.38 Å². The summed E-state index contributed by atoms with van der Waals surface area (Å²) in [6.45, 7) is 5.80. The first-order valence-corrected chi connectivity index (χ1v) is 11.9. The van der Waals surface area contributed by atoms with Crippen LogP contribution in [0.2, 0.25) is 0 Å². The normalized spacial score (nSPS) is 21.0. The van der Waals surface area contributed by atoms with Crippen LogP contribution in [0, 0.1) is 18.7 Å². The monoisotopic (exact) mass is 439 g/mol. The Bertz CT molecular complexity index is 1130. The summed E-state index contributed by atoms with van der Waals surface area (Å²) < 4.78 is 13.7. The van der Waals surface area contributed by atoms with Crippen LogP contribution in [0.4, 0.5) is 4.39 Å². The third-order valence-electron chi connectivity index (χ3n) is 6.93. The molecule has 3 aromatic carbocycles. The highest BCUT2D eigenvalue weighted by Crippen LogP contribution is 2.35. The molecule has 1 saturated heterocycles. The van der Waals surface area contributed by atoms with E-state index >= 15 is 0 Å². The first-order valence-electron chi connectivity index (χ1n) is 11.9. The average Bonchev–Trinajstić information content (AvgIpc) is 3.34. The number of benzene rings is 3. The van der Waals surface area contributed by atoms with Crippen molar-refractivity contribution in [1.29, 1.82) is 0 Å². The number of halogens is 1. The van der Waals surface area contributed by atoms with Gasteiger partial charge in [-0.05, 0) is 49.6 Å². The summed E-state index contributed by atoms with van der Waals surface area (Å²) in [6, 6.07) is 26.2. The molecular formula is C29H30FN3.